The van der Waals surface area contributed by atoms with Crippen molar-refractivity contribution >= 4 is 44.7 Å². The summed E-state index contributed by atoms with van der Waals surface area (Å²) in [5, 5.41) is 7.50. The molecule has 1 aliphatic carbocycles. The minimum absolute atomic E-state index is 0.175. The fourth-order valence-corrected chi connectivity index (χ4v) is 7.65. The van der Waals surface area contributed by atoms with Crippen LogP contribution in [0.15, 0.2) is 59.7 Å². The van der Waals surface area contributed by atoms with Crippen molar-refractivity contribution in [2.24, 2.45) is 7.05 Å². The molecule has 4 aromatic rings. The quantitative estimate of drug-likeness (QED) is 0.220. The van der Waals surface area contributed by atoms with Crippen molar-refractivity contribution in [1.29, 1.82) is 0 Å². The van der Waals surface area contributed by atoms with Crippen molar-refractivity contribution in [3.8, 4) is 11.4 Å². The number of rotatable bonds is 7. The van der Waals surface area contributed by atoms with Gasteiger partial charge in [-0.25, -0.2) is 14.3 Å². The molecule has 4 N–H and O–H groups in total. The molecule has 242 valence electrons. The van der Waals surface area contributed by atoms with Gasteiger partial charge in [-0.3, -0.25) is 18.5 Å². The molecule has 0 atom stereocenters. The molecule has 3 aromatic heterocycles. The minimum atomic E-state index is -2.82. The van der Waals surface area contributed by atoms with E-state index in [2.05, 4.69) is 57.8 Å². The third-order valence-electron chi connectivity index (χ3n) is 9.15. The minimum Gasteiger partial charge on any atom is -0.369 e. The number of hydrogen-bond acceptors (Lipinski definition) is 10. The van der Waals surface area contributed by atoms with E-state index in [-0.39, 0.29) is 11.6 Å². The second-order valence-corrected chi connectivity index (χ2v) is 14.5. The van der Waals surface area contributed by atoms with Crippen LogP contribution in [0.3, 0.4) is 0 Å². The van der Waals surface area contributed by atoms with Crippen molar-refractivity contribution < 1.29 is 9.11 Å². The van der Waals surface area contributed by atoms with Crippen molar-refractivity contribution in [2.45, 2.75) is 32.2 Å². The normalized spacial score (nSPS) is 18.4. The molecule has 0 spiro atoms. The van der Waals surface area contributed by atoms with E-state index in [4.69, 9.17) is 9.97 Å². The molecular weight excluding hydrogens is 602 g/mol. The molecule has 5 heterocycles. The van der Waals surface area contributed by atoms with E-state index in [1.54, 1.807) is 15.1 Å². The van der Waals surface area contributed by atoms with E-state index in [0.29, 0.717) is 48.9 Å². The summed E-state index contributed by atoms with van der Waals surface area (Å²) in [6, 6.07) is 7.94. The first kappa shape index (κ1) is 30.6. The Hall–Kier alpha value is -4.01. The smallest absolute Gasteiger partial charge is 0.263 e. The number of pyridine rings is 1. The number of fused-ring (bicyclic) bond motifs is 1. The van der Waals surface area contributed by atoms with Gasteiger partial charge >= 0.3 is 0 Å². The first-order valence-electron chi connectivity index (χ1n) is 15.8. The molecule has 3 aliphatic rings. The van der Waals surface area contributed by atoms with Crippen LogP contribution in [0.5, 0.6) is 0 Å². The summed E-state index contributed by atoms with van der Waals surface area (Å²) in [5.41, 5.74) is 5.98. The molecule has 2 fully saturated rings. The summed E-state index contributed by atoms with van der Waals surface area (Å²) >= 11 is 0. The SMILES string of the molecule is Cc1cc(Nc2ncc3cc(-c4nc(C5=CCC=C5)cn4C)c(=O)n(C4CCN(S(C)(O)O)CC4)c3n2)ccc1N1CCNCC1. The molecular formula is C33H41N9O3S. The van der Waals surface area contributed by atoms with Crippen LogP contribution in [0.4, 0.5) is 17.3 Å². The summed E-state index contributed by atoms with van der Waals surface area (Å²) in [5.74, 6) is 0.987. The highest BCUT2D eigenvalue weighted by atomic mass is 32.3. The lowest BCUT2D eigenvalue weighted by molar-refractivity contribution is 0.254. The van der Waals surface area contributed by atoms with E-state index in [0.717, 1.165) is 54.9 Å². The van der Waals surface area contributed by atoms with Gasteiger partial charge < -0.3 is 20.1 Å². The van der Waals surface area contributed by atoms with E-state index in [9.17, 15) is 13.9 Å². The number of anilines is 3. The lowest BCUT2D eigenvalue weighted by atomic mass is 10.0. The molecule has 12 nitrogen and oxygen atoms in total. The van der Waals surface area contributed by atoms with Gasteiger partial charge in [-0.2, -0.15) is 4.98 Å². The van der Waals surface area contributed by atoms with Crippen LogP contribution < -0.4 is 21.1 Å². The zero-order valence-electron chi connectivity index (χ0n) is 26.5. The lowest BCUT2D eigenvalue weighted by Gasteiger charge is -2.43. The number of aromatic nitrogens is 5. The maximum absolute atomic E-state index is 14.4. The third kappa shape index (κ3) is 5.96. The number of piperidine rings is 1. The van der Waals surface area contributed by atoms with E-state index in [1.165, 1.54) is 17.5 Å². The average Bonchev–Trinajstić information content (AvgIpc) is 3.71. The molecule has 46 heavy (non-hydrogen) atoms. The Morgan fingerprint density at radius 2 is 1.85 bits per heavy atom. The first-order valence-corrected chi connectivity index (χ1v) is 17.7. The van der Waals surface area contributed by atoms with Crippen LogP contribution in [0, 0.1) is 6.92 Å². The molecule has 0 unspecified atom stereocenters. The van der Waals surface area contributed by atoms with Gasteiger partial charge in [0.2, 0.25) is 5.95 Å². The molecule has 0 bridgehead atoms. The summed E-state index contributed by atoms with van der Waals surface area (Å²) in [4.78, 5) is 31.3. The number of benzene rings is 1. The Labute approximate surface area is 270 Å². The predicted octanol–water partition coefficient (Wildman–Crippen LogP) is 4.93. The number of nitrogens with zero attached hydrogens (tertiary/aromatic N) is 7. The van der Waals surface area contributed by atoms with E-state index >= 15 is 0 Å². The summed E-state index contributed by atoms with van der Waals surface area (Å²) in [7, 11) is -0.916. The zero-order valence-corrected chi connectivity index (χ0v) is 27.3. The maximum atomic E-state index is 14.4. The number of hydrogen-bond donors (Lipinski definition) is 4. The number of imidazole rings is 1. The Morgan fingerprint density at radius 3 is 2.54 bits per heavy atom. The van der Waals surface area contributed by atoms with Crippen LogP contribution in [0.1, 0.15) is 36.6 Å². The second kappa shape index (κ2) is 12.3. The second-order valence-electron chi connectivity index (χ2n) is 12.4. The van der Waals surface area contributed by atoms with Gasteiger partial charge in [0, 0.05) is 87.8 Å². The standard InChI is InChI=1S/C33H41N9O3S/c1-22-18-25(8-9-29(22)40-16-12-34-13-17-40)36-33-35-20-24-19-27(31-37-28(21-39(31)2)23-6-4-5-7-23)32(43)42(30(24)38-33)26-10-14-41(15-11-26)46(3,44)45/h4,6-9,18-21,26,34,44-45H,5,10-17H2,1-3H3,(H,35,36,38). The number of piperazine rings is 1. The molecule has 0 saturated carbocycles. The summed E-state index contributed by atoms with van der Waals surface area (Å²) < 4.78 is 25.9. The maximum Gasteiger partial charge on any atom is 0.263 e. The number of aryl methyl sites for hydroxylation is 2. The lowest BCUT2D eigenvalue weighted by Crippen LogP contribution is -2.43. The molecule has 0 radical (unpaired) electrons. The summed E-state index contributed by atoms with van der Waals surface area (Å²) in [6.07, 6.45) is 13.5. The van der Waals surface area contributed by atoms with Gasteiger partial charge in [-0.1, -0.05) is 18.2 Å². The molecule has 7 rings (SSSR count). The fourth-order valence-electron chi connectivity index (χ4n) is 6.75. The molecule has 1 aromatic carbocycles. The van der Waals surface area contributed by atoms with Gasteiger partial charge in [0.05, 0.1) is 11.3 Å². The van der Waals surface area contributed by atoms with Crippen LogP contribution in [0.2, 0.25) is 0 Å². The highest BCUT2D eigenvalue weighted by Crippen LogP contribution is 2.42. The summed E-state index contributed by atoms with van der Waals surface area (Å²) in [6.45, 7) is 6.95. The van der Waals surface area contributed by atoms with Crippen molar-refractivity contribution in [3.05, 3.63) is 76.5 Å². The molecule has 13 heteroatoms. The Bertz CT molecular complexity index is 1890. The van der Waals surface area contributed by atoms with Crippen LogP contribution >= 0.6 is 10.8 Å². The highest BCUT2D eigenvalue weighted by molar-refractivity contribution is 8.21. The van der Waals surface area contributed by atoms with Crippen LogP contribution in [-0.4, -0.2) is 83.0 Å². The van der Waals surface area contributed by atoms with Gasteiger partial charge in [0.25, 0.3) is 5.56 Å². The third-order valence-corrected chi connectivity index (χ3v) is 10.5. The largest absolute Gasteiger partial charge is 0.369 e. The predicted molar refractivity (Wildman–Crippen MR) is 186 cm³/mol. The molecule has 0 amide bonds. The topological polar surface area (TPSA) is 137 Å². The Kier molecular flexibility index (Phi) is 8.19. The van der Waals surface area contributed by atoms with Gasteiger partial charge in [0.15, 0.2) is 0 Å². The number of nitrogens with one attached hydrogen (secondary N) is 2. The highest BCUT2D eigenvalue weighted by Gasteiger charge is 2.29. The van der Waals surface area contributed by atoms with Gasteiger partial charge in [0.1, 0.15) is 11.5 Å². The van der Waals surface area contributed by atoms with E-state index in [1.807, 2.05) is 29.9 Å². The number of allylic oxidation sites excluding steroid dienone is 4. The fraction of sp³-hybridized carbons (Fsp3) is 0.394. The molecule has 2 saturated heterocycles. The van der Waals surface area contributed by atoms with Gasteiger partial charge in [-0.05, 0) is 61.6 Å². The van der Waals surface area contributed by atoms with Crippen molar-refractivity contribution in [3.63, 3.8) is 0 Å². The molecule has 2 aliphatic heterocycles. The van der Waals surface area contributed by atoms with Crippen molar-refractivity contribution in [1.82, 2.24) is 33.7 Å². The Morgan fingerprint density at radius 1 is 1.07 bits per heavy atom. The van der Waals surface area contributed by atoms with Crippen molar-refractivity contribution in [2.75, 3.05) is 55.7 Å². The Balaban J connectivity index is 1.27. The van der Waals surface area contributed by atoms with Gasteiger partial charge in [-0.15, -0.1) is 10.8 Å². The average molecular weight is 644 g/mol. The van der Waals surface area contributed by atoms with Crippen LogP contribution in [-0.2, 0) is 7.05 Å². The first-order chi connectivity index (χ1) is 22.2. The van der Waals surface area contributed by atoms with Crippen LogP contribution in [0.25, 0.3) is 28.0 Å². The monoisotopic (exact) mass is 643 g/mol. The van der Waals surface area contributed by atoms with E-state index < -0.39 is 10.8 Å². The zero-order chi connectivity index (χ0) is 32.0.